The highest BCUT2D eigenvalue weighted by atomic mass is 16.5. The van der Waals surface area contributed by atoms with Crippen LogP contribution in [0.15, 0.2) is 48.5 Å². The Balaban J connectivity index is 1.52. The predicted octanol–water partition coefficient (Wildman–Crippen LogP) is 4.81. The number of benzene rings is 3. The van der Waals surface area contributed by atoms with E-state index in [1.807, 2.05) is 48.5 Å². The number of nitrogens with zero attached hydrogens (tertiary/aromatic N) is 2. The van der Waals surface area contributed by atoms with Crippen molar-refractivity contribution in [2.24, 2.45) is 0 Å². The Hall–Kier alpha value is -4.20. The average Bonchev–Trinajstić information content (AvgIpc) is 3.47. The molecule has 0 radical (unpaired) electrons. The lowest BCUT2D eigenvalue weighted by atomic mass is 10.1. The van der Waals surface area contributed by atoms with Gasteiger partial charge in [0.25, 0.3) is 0 Å². The lowest BCUT2D eigenvalue weighted by molar-refractivity contribution is 0.397. The molecule has 0 amide bonds. The number of fused-ring (bicyclic) bond motifs is 2. The van der Waals surface area contributed by atoms with Gasteiger partial charge in [0.2, 0.25) is 0 Å². The molecule has 0 aliphatic heterocycles. The topological polar surface area (TPSA) is 94.3 Å². The minimum Gasteiger partial charge on any atom is -0.497 e. The molecule has 0 fully saturated rings. The van der Waals surface area contributed by atoms with Crippen molar-refractivity contribution >= 4 is 22.1 Å². The Kier molecular flexibility index (Phi) is 4.82. The molecule has 3 aromatic carbocycles. The molecule has 0 unspecified atom stereocenters. The van der Waals surface area contributed by atoms with Crippen molar-refractivity contribution in [3.05, 3.63) is 48.5 Å². The molecule has 5 rings (SSSR count). The molecular formula is C24H22N4O4. The van der Waals surface area contributed by atoms with Crippen molar-refractivity contribution in [3.8, 4) is 45.8 Å². The summed E-state index contributed by atoms with van der Waals surface area (Å²) in [5.74, 6) is 4.21. The monoisotopic (exact) mass is 430 g/mol. The number of nitrogens with one attached hydrogen (secondary N) is 2. The van der Waals surface area contributed by atoms with E-state index in [1.165, 1.54) is 0 Å². The molecule has 0 saturated heterocycles. The number of methoxy groups -OCH3 is 4. The van der Waals surface area contributed by atoms with Gasteiger partial charge in [0.1, 0.15) is 45.7 Å². The predicted molar refractivity (Wildman–Crippen MR) is 123 cm³/mol. The average molecular weight is 430 g/mol. The van der Waals surface area contributed by atoms with Gasteiger partial charge in [0.05, 0.1) is 39.5 Å². The highest BCUT2D eigenvalue weighted by molar-refractivity contribution is 5.88. The maximum Gasteiger partial charge on any atom is 0.150 e. The summed E-state index contributed by atoms with van der Waals surface area (Å²) in [4.78, 5) is 16.1. The minimum atomic E-state index is 0.658. The van der Waals surface area contributed by atoms with Gasteiger partial charge < -0.3 is 28.9 Å². The van der Waals surface area contributed by atoms with Crippen molar-refractivity contribution in [3.63, 3.8) is 0 Å². The first-order chi connectivity index (χ1) is 15.6. The number of aromatic amines is 2. The van der Waals surface area contributed by atoms with Crippen LogP contribution in [0.25, 0.3) is 44.8 Å². The fraction of sp³-hybridized carbons (Fsp3) is 0.167. The number of imidazole rings is 2. The number of H-pyrrole nitrogens is 2. The van der Waals surface area contributed by atoms with Gasteiger partial charge >= 0.3 is 0 Å². The fourth-order valence-electron chi connectivity index (χ4n) is 3.73. The van der Waals surface area contributed by atoms with Crippen LogP contribution >= 0.6 is 0 Å². The number of hydrogen-bond acceptors (Lipinski definition) is 6. The van der Waals surface area contributed by atoms with E-state index in [-0.39, 0.29) is 0 Å². The normalized spacial score (nSPS) is 11.1. The first-order valence-corrected chi connectivity index (χ1v) is 9.97. The van der Waals surface area contributed by atoms with E-state index in [0.717, 1.165) is 44.8 Å². The molecule has 0 saturated carbocycles. The molecule has 0 atom stereocenters. The third-order valence-electron chi connectivity index (χ3n) is 5.39. The van der Waals surface area contributed by atoms with E-state index in [0.29, 0.717) is 23.0 Å². The van der Waals surface area contributed by atoms with E-state index in [2.05, 4.69) is 9.97 Å². The second kappa shape index (κ2) is 7.81. The lowest BCUT2D eigenvalue weighted by Crippen LogP contribution is -1.88. The van der Waals surface area contributed by atoms with Crippen LogP contribution in [0.3, 0.4) is 0 Å². The summed E-state index contributed by atoms with van der Waals surface area (Å²) in [6, 6.07) is 15.5. The molecule has 0 aliphatic carbocycles. The van der Waals surface area contributed by atoms with Crippen molar-refractivity contribution in [1.82, 2.24) is 19.9 Å². The number of aromatic nitrogens is 4. The molecule has 0 aliphatic rings. The number of rotatable bonds is 6. The van der Waals surface area contributed by atoms with E-state index in [9.17, 15) is 0 Å². The summed E-state index contributed by atoms with van der Waals surface area (Å²) in [5.41, 5.74) is 5.09. The standard InChI is InChI=1S/C24H22N4O4/c1-29-15-9-17-21(19(11-15)31-3)27-23(25-17)13-5-7-14(8-6-13)24-26-18-10-16(30-2)12-20(32-4)22(18)28-24/h5-12H,1-4H3,(H,25,27)(H,26,28). The van der Waals surface area contributed by atoms with Gasteiger partial charge in [-0.05, 0) is 0 Å². The van der Waals surface area contributed by atoms with Gasteiger partial charge in [-0.3, -0.25) is 0 Å². The zero-order valence-electron chi connectivity index (χ0n) is 18.1. The first-order valence-electron chi connectivity index (χ1n) is 9.97. The highest BCUT2D eigenvalue weighted by Gasteiger charge is 2.14. The third-order valence-corrected chi connectivity index (χ3v) is 5.39. The van der Waals surface area contributed by atoms with Crippen molar-refractivity contribution in [2.75, 3.05) is 28.4 Å². The second-order valence-corrected chi connectivity index (χ2v) is 7.20. The summed E-state index contributed by atoms with van der Waals surface area (Å²) >= 11 is 0. The third kappa shape index (κ3) is 3.26. The Morgan fingerprint density at radius 3 is 1.31 bits per heavy atom. The maximum atomic E-state index is 5.47. The zero-order valence-corrected chi connectivity index (χ0v) is 18.1. The van der Waals surface area contributed by atoms with Crippen LogP contribution in [0.4, 0.5) is 0 Å². The molecule has 2 heterocycles. The van der Waals surface area contributed by atoms with Crippen molar-refractivity contribution < 1.29 is 18.9 Å². The molecule has 0 spiro atoms. The smallest absolute Gasteiger partial charge is 0.150 e. The summed E-state index contributed by atoms with van der Waals surface area (Å²) in [7, 11) is 6.49. The van der Waals surface area contributed by atoms with Gasteiger partial charge in [-0.2, -0.15) is 0 Å². The van der Waals surface area contributed by atoms with Gasteiger partial charge in [0.15, 0.2) is 0 Å². The molecule has 8 nitrogen and oxygen atoms in total. The molecule has 162 valence electrons. The molecule has 5 aromatic rings. The molecule has 32 heavy (non-hydrogen) atoms. The molecule has 8 heteroatoms. The molecule has 2 aromatic heterocycles. The van der Waals surface area contributed by atoms with E-state index >= 15 is 0 Å². The van der Waals surface area contributed by atoms with Gasteiger partial charge in [-0.1, -0.05) is 24.3 Å². The molecular weight excluding hydrogens is 408 g/mol. The van der Waals surface area contributed by atoms with Crippen LogP contribution in [0.5, 0.6) is 23.0 Å². The molecule has 2 N–H and O–H groups in total. The van der Waals surface area contributed by atoms with Crippen LogP contribution in [0, 0.1) is 0 Å². The Labute approximate surface area is 184 Å². The van der Waals surface area contributed by atoms with E-state index in [4.69, 9.17) is 28.9 Å². The molecule has 0 bridgehead atoms. The van der Waals surface area contributed by atoms with Gasteiger partial charge in [-0.25, -0.2) is 9.97 Å². The fourth-order valence-corrected chi connectivity index (χ4v) is 3.73. The van der Waals surface area contributed by atoms with Crippen molar-refractivity contribution in [1.29, 1.82) is 0 Å². The first kappa shape index (κ1) is 19.7. The van der Waals surface area contributed by atoms with Crippen LogP contribution in [-0.4, -0.2) is 48.4 Å². The van der Waals surface area contributed by atoms with Crippen LogP contribution in [0.1, 0.15) is 0 Å². The minimum absolute atomic E-state index is 0.658. The summed E-state index contributed by atoms with van der Waals surface area (Å²) in [6.45, 7) is 0. The second-order valence-electron chi connectivity index (χ2n) is 7.20. The van der Waals surface area contributed by atoms with Crippen LogP contribution in [-0.2, 0) is 0 Å². The highest BCUT2D eigenvalue weighted by Crippen LogP contribution is 2.34. The SMILES string of the molecule is COc1cc(OC)c2nc(-c3ccc(-c4nc5c(OC)cc(OC)cc5[nH]4)cc3)[nH]c2c1. The van der Waals surface area contributed by atoms with Crippen LogP contribution < -0.4 is 18.9 Å². The Morgan fingerprint density at radius 2 is 0.969 bits per heavy atom. The maximum absolute atomic E-state index is 5.47. The van der Waals surface area contributed by atoms with E-state index in [1.54, 1.807) is 28.4 Å². The summed E-state index contributed by atoms with van der Waals surface area (Å²) in [5, 5.41) is 0. The Morgan fingerprint density at radius 1 is 0.562 bits per heavy atom. The summed E-state index contributed by atoms with van der Waals surface area (Å²) < 4.78 is 21.6. The Bertz CT molecular complexity index is 1310. The quantitative estimate of drug-likeness (QED) is 0.402. The van der Waals surface area contributed by atoms with E-state index < -0.39 is 0 Å². The largest absolute Gasteiger partial charge is 0.497 e. The lowest BCUT2D eigenvalue weighted by Gasteiger charge is -2.03. The van der Waals surface area contributed by atoms with Gasteiger partial charge in [-0.15, -0.1) is 0 Å². The summed E-state index contributed by atoms with van der Waals surface area (Å²) in [6.07, 6.45) is 0. The number of ether oxygens (including phenoxy) is 4. The van der Waals surface area contributed by atoms with Gasteiger partial charge in [0, 0.05) is 35.4 Å². The van der Waals surface area contributed by atoms with Crippen molar-refractivity contribution in [2.45, 2.75) is 0 Å². The zero-order chi connectivity index (χ0) is 22.2. The van der Waals surface area contributed by atoms with Crippen LogP contribution in [0.2, 0.25) is 0 Å². The number of hydrogen-bond donors (Lipinski definition) is 2.